The molecule has 144 valence electrons. The Labute approximate surface area is 155 Å². The van der Waals surface area contributed by atoms with Gasteiger partial charge in [0, 0.05) is 25.6 Å². The van der Waals surface area contributed by atoms with Crippen LogP contribution in [0.15, 0.2) is 22.8 Å². The highest BCUT2D eigenvalue weighted by Crippen LogP contribution is 2.25. The summed E-state index contributed by atoms with van der Waals surface area (Å²) >= 11 is 0. The molecule has 0 unspecified atom stereocenters. The minimum atomic E-state index is -0.109. The molecule has 6 nitrogen and oxygen atoms in total. The van der Waals surface area contributed by atoms with Gasteiger partial charge in [0.15, 0.2) is 0 Å². The molecule has 2 fully saturated rings. The zero-order valence-electron chi connectivity index (χ0n) is 15.9. The maximum Gasteiger partial charge on any atom is 0.225 e. The summed E-state index contributed by atoms with van der Waals surface area (Å²) in [7, 11) is 0. The van der Waals surface area contributed by atoms with Crippen LogP contribution in [0, 0.1) is 11.8 Å². The molecule has 0 saturated carbocycles. The molecule has 2 saturated heterocycles. The summed E-state index contributed by atoms with van der Waals surface area (Å²) in [4.78, 5) is 29.2. The number of nitrogens with one attached hydrogen (secondary N) is 1. The number of furan rings is 1. The minimum Gasteiger partial charge on any atom is -0.468 e. The highest BCUT2D eigenvalue weighted by atomic mass is 16.3. The Morgan fingerprint density at radius 3 is 2.65 bits per heavy atom. The lowest BCUT2D eigenvalue weighted by Crippen LogP contribution is -2.47. The second kappa shape index (κ2) is 8.71. The van der Waals surface area contributed by atoms with Gasteiger partial charge in [-0.05, 0) is 50.9 Å². The number of carbonyl (C=O) groups is 2. The second-order valence-electron chi connectivity index (χ2n) is 7.80. The van der Waals surface area contributed by atoms with Gasteiger partial charge in [-0.3, -0.25) is 14.5 Å². The predicted molar refractivity (Wildman–Crippen MR) is 99.4 cm³/mol. The first-order valence-corrected chi connectivity index (χ1v) is 9.90. The summed E-state index contributed by atoms with van der Waals surface area (Å²) in [6.07, 6.45) is 5.82. The van der Waals surface area contributed by atoms with Crippen molar-refractivity contribution < 1.29 is 14.0 Å². The molecule has 2 atom stereocenters. The van der Waals surface area contributed by atoms with E-state index in [1.54, 1.807) is 6.26 Å². The van der Waals surface area contributed by atoms with Crippen molar-refractivity contribution in [2.75, 3.05) is 32.7 Å². The monoisotopic (exact) mass is 361 g/mol. The molecule has 0 bridgehead atoms. The van der Waals surface area contributed by atoms with Crippen molar-refractivity contribution in [1.82, 2.24) is 15.1 Å². The van der Waals surface area contributed by atoms with E-state index in [9.17, 15) is 9.59 Å². The largest absolute Gasteiger partial charge is 0.468 e. The minimum absolute atomic E-state index is 0.0182. The van der Waals surface area contributed by atoms with Crippen LogP contribution in [0.4, 0.5) is 0 Å². The van der Waals surface area contributed by atoms with Gasteiger partial charge in [-0.1, -0.05) is 13.8 Å². The van der Waals surface area contributed by atoms with Gasteiger partial charge in [0.05, 0.1) is 18.2 Å². The van der Waals surface area contributed by atoms with Crippen LogP contribution in [0.1, 0.15) is 51.3 Å². The van der Waals surface area contributed by atoms with Gasteiger partial charge in [-0.25, -0.2) is 0 Å². The lowest BCUT2D eigenvalue weighted by molar-refractivity contribution is -0.138. The standard InChI is InChI=1S/C20H31N3O3/c1-15(2)20(25)23-11-5-7-16(14-23)19(24)21-13-17(18-8-6-12-26-18)22-9-3-4-10-22/h6,8,12,15-17H,3-5,7,9-11,13-14H2,1-2H3,(H,21,24)/t16-,17-/m0/s1. The fourth-order valence-electron chi connectivity index (χ4n) is 4.04. The van der Waals surface area contributed by atoms with Crippen molar-refractivity contribution >= 4 is 11.8 Å². The zero-order chi connectivity index (χ0) is 18.5. The van der Waals surface area contributed by atoms with Crippen LogP contribution in [0.5, 0.6) is 0 Å². The van der Waals surface area contributed by atoms with E-state index in [1.807, 2.05) is 30.9 Å². The molecule has 3 heterocycles. The van der Waals surface area contributed by atoms with Gasteiger partial charge < -0.3 is 14.6 Å². The van der Waals surface area contributed by atoms with Crippen LogP contribution in [0.3, 0.4) is 0 Å². The van der Waals surface area contributed by atoms with Gasteiger partial charge in [0.1, 0.15) is 5.76 Å². The highest BCUT2D eigenvalue weighted by molar-refractivity contribution is 5.82. The number of rotatable bonds is 6. The van der Waals surface area contributed by atoms with Gasteiger partial charge in [0.25, 0.3) is 0 Å². The molecule has 0 aliphatic carbocycles. The maximum atomic E-state index is 12.7. The molecule has 26 heavy (non-hydrogen) atoms. The van der Waals surface area contributed by atoms with E-state index in [0.29, 0.717) is 13.1 Å². The number of piperidine rings is 1. The summed E-state index contributed by atoms with van der Waals surface area (Å²) in [5.74, 6) is 0.986. The molecule has 0 aromatic carbocycles. The van der Waals surface area contributed by atoms with Gasteiger partial charge in [0.2, 0.25) is 11.8 Å². The molecule has 0 radical (unpaired) electrons. The maximum absolute atomic E-state index is 12.7. The Morgan fingerprint density at radius 1 is 1.23 bits per heavy atom. The van der Waals surface area contributed by atoms with E-state index in [0.717, 1.165) is 38.2 Å². The third-order valence-electron chi connectivity index (χ3n) is 5.52. The van der Waals surface area contributed by atoms with E-state index >= 15 is 0 Å². The molecule has 2 aliphatic rings. The van der Waals surface area contributed by atoms with Crippen molar-refractivity contribution in [2.24, 2.45) is 11.8 Å². The first-order chi connectivity index (χ1) is 12.6. The molecule has 3 rings (SSSR count). The van der Waals surface area contributed by atoms with Crippen LogP contribution in [0.2, 0.25) is 0 Å². The lowest BCUT2D eigenvalue weighted by atomic mass is 9.96. The predicted octanol–water partition coefficient (Wildman–Crippen LogP) is 2.43. The quantitative estimate of drug-likeness (QED) is 0.845. The Morgan fingerprint density at radius 2 is 2.00 bits per heavy atom. The molecule has 2 aliphatic heterocycles. The SMILES string of the molecule is CC(C)C(=O)N1CCC[C@H](C(=O)NC[C@@H](c2ccco2)N2CCCC2)C1. The van der Waals surface area contributed by atoms with Crippen LogP contribution in [-0.4, -0.2) is 54.3 Å². The first-order valence-electron chi connectivity index (χ1n) is 9.90. The van der Waals surface area contributed by atoms with Gasteiger partial charge >= 0.3 is 0 Å². The second-order valence-corrected chi connectivity index (χ2v) is 7.80. The Hall–Kier alpha value is -1.82. The number of carbonyl (C=O) groups excluding carboxylic acids is 2. The van der Waals surface area contributed by atoms with Crippen molar-refractivity contribution in [3.8, 4) is 0 Å². The fraction of sp³-hybridized carbons (Fsp3) is 0.700. The van der Waals surface area contributed by atoms with Crippen molar-refractivity contribution in [1.29, 1.82) is 0 Å². The Bertz CT molecular complexity index is 593. The normalized spacial score (nSPS) is 22.6. The summed E-state index contributed by atoms with van der Waals surface area (Å²) < 4.78 is 5.61. The van der Waals surface area contributed by atoms with Crippen molar-refractivity contribution in [2.45, 2.75) is 45.6 Å². The molecule has 6 heteroatoms. The fourth-order valence-corrected chi connectivity index (χ4v) is 4.04. The number of amides is 2. The van der Waals surface area contributed by atoms with Gasteiger partial charge in [-0.15, -0.1) is 0 Å². The molecule has 0 spiro atoms. The van der Waals surface area contributed by atoms with Crippen LogP contribution in [0.25, 0.3) is 0 Å². The first kappa shape index (κ1) is 19.0. The summed E-state index contributed by atoms with van der Waals surface area (Å²) in [5.41, 5.74) is 0. The topological polar surface area (TPSA) is 65.8 Å². The number of nitrogens with zero attached hydrogens (tertiary/aromatic N) is 2. The summed E-state index contributed by atoms with van der Waals surface area (Å²) in [6.45, 7) is 7.78. The zero-order valence-corrected chi connectivity index (χ0v) is 15.9. The highest BCUT2D eigenvalue weighted by Gasteiger charge is 2.31. The van der Waals surface area contributed by atoms with E-state index in [2.05, 4.69) is 10.2 Å². The Kier molecular flexibility index (Phi) is 6.35. The molecule has 1 aromatic rings. The lowest BCUT2D eigenvalue weighted by Gasteiger charge is -2.33. The molecule has 1 N–H and O–H groups in total. The van der Waals surface area contributed by atoms with Crippen LogP contribution >= 0.6 is 0 Å². The average molecular weight is 361 g/mol. The summed E-state index contributed by atoms with van der Waals surface area (Å²) in [5, 5.41) is 3.13. The Balaban J connectivity index is 1.57. The van der Waals surface area contributed by atoms with E-state index < -0.39 is 0 Å². The third-order valence-corrected chi connectivity index (χ3v) is 5.52. The molecule has 2 amide bonds. The van der Waals surface area contributed by atoms with Gasteiger partial charge in [-0.2, -0.15) is 0 Å². The van der Waals surface area contributed by atoms with E-state index in [4.69, 9.17) is 4.42 Å². The molecule has 1 aromatic heterocycles. The summed E-state index contributed by atoms with van der Waals surface area (Å²) in [6, 6.07) is 3.98. The van der Waals surface area contributed by atoms with E-state index in [1.165, 1.54) is 12.8 Å². The van der Waals surface area contributed by atoms with Crippen molar-refractivity contribution in [3.63, 3.8) is 0 Å². The number of hydrogen-bond donors (Lipinski definition) is 1. The molecular formula is C20H31N3O3. The third kappa shape index (κ3) is 4.47. The smallest absolute Gasteiger partial charge is 0.225 e. The number of hydrogen-bond acceptors (Lipinski definition) is 4. The number of likely N-dealkylation sites (tertiary alicyclic amines) is 2. The van der Waals surface area contributed by atoms with Crippen LogP contribution < -0.4 is 5.32 Å². The van der Waals surface area contributed by atoms with Crippen molar-refractivity contribution in [3.05, 3.63) is 24.2 Å². The average Bonchev–Trinajstić information content (AvgIpc) is 3.35. The van der Waals surface area contributed by atoms with Crippen LogP contribution in [-0.2, 0) is 9.59 Å². The van der Waals surface area contributed by atoms with E-state index in [-0.39, 0.29) is 29.7 Å². The molecular weight excluding hydrogens is 330 g/mol.